The van der Waals surface area contributed by atoms with E-state index in [0.717, 1.165) is 26.3 Å². The summed E-state index contributed by atoms with van der Waals surface area (Å²) >= 11 is 0. The molecule has 1 heterocycles. The molecule has 0 unspecified atom stereocenters. The predicted molar refractivity (Wildman–Crippen MR) is 102 cm³/mol. The molecule has 0 atom stereocenters. The van der Waals surface area contributed by atoms with E-state index in [1.807, 2.05) is 0 Å². The molecule has 1 aromatic carbocycles. The Hall–Kier alpha value is -1.79. The third-order valence-electron chi connectivity index (χ3n) is 4.55. The minimum absolute atomic E-state index is 0.111. The van der Waals surface area contributed by atoms with Gasteiger partial charge in [-0.1, -0.05) is 13.8 Å². The molecule has 0 bridgehead atoms. The number of benzene rings is 1. The number of hydrogen-bond acceptors (Lipinski definition) is 5. The van der Waals surface area contributed by atoms with Gasteiger partial charge in [0.05, 0.1) is 26.9 Å². The number of carbonyl (C=O) groups is 1. The summed E-state index contributed by atoms with van der Waals surface area (Å²) in [5.41, 5.74) is 0.445. The molecule has 26 heavy (non-hydrogen) atoms. The fourth-order valence-corrected chi connectivity index (χ4v) is 2.86. The summed E-state index contributed by atoms with van der Waals surface area (Å²) in [5.74, 6) is 1.54. The average molecular weight is 364 g/mol. The highest BCUT2D eigenvalue weighted by Crippen LogP contribution is 2.28. The lowest BCUT2D eigenvalue weighted by Crippen LogP contribution is -2.55. The van der Waals surface area contributed by atoms with E-state index in [9.17, 15) is 4.79 Å². The molecule has 1 aliphatic rings. The first kappa shape index (κ1) is 20.5. The molecule has 146 valence electrons. The fourth-order valence-electron chi connectivity index (χ4n) is 2.86. The minimum Gasteiger partial charge on any atom is -0.493 e. The van der Waals surface area contributed by atoms with Gasteiger partial charge in [0.2, 0.25) is 0 Å². The summed E-state index contributed by atoms with van der Waals surface area (Å²) in [4.78, 5) is 14.9. The molecule has 0 saturated carbocycles. The van der Waals surface area contributed by atoms with Crippen LogP contribution in [0.3, 0.4) is 0 Å². The molecule has 6 nitrogen and oxygen atoms in total. The summed E-state index contributed by atoms with van der Waals surface area (Å²) in [6.07, 6.45) is 0. The SMILES string of the molecule is COc1cc(C(=O)NCC(C)(C)N2CCOCC2)ccc1OCC(C)C. The van der Waals surface area contributed by atoms with Gasteiger partial charge in [-0.15, -0.1) is 0 Å². The normalized spacial score (nSPS) is 15.8. The van der Waals surface area contributed by atoms with E-state index in [1.165, 1.54) is 0 Å². The topological polar surface area (TPSA) is 60.0 Å². The summed E-state index contributed by atoms with van der Waals surface area (Å²) < 4.78 is 16.5. The van der Waals surface area contributed by atoms with E-state index in [2.05, 4.69) is 37.9 Å². The second-order valence-electron chi connectivity index (χ2n) is 7.67. The molecule has 1 aromatic rings. The molecule has 0 aromatic heterocycles. The van der Waals surface area contributed by atoms with Crippen molar-refractivity contribution in [3.8, 4) is 11.5 Å². The van der Waals surface area contributed by atoms with E-state index in [0.29, 0.717) is 36.1 Å². The molecule has 0 spiro atoms. The molecule has 2 rings (SSSR count). The van der Waals surface area contributed by atoms with Gasteiger partial charge in [0.1, 0.15) is 0 Å². The van der Waals surface area contributed by atoms with Crippen molar-refractivity contribution in [3.05, 3.63) is 23.8 Å². The molecule has 6 heteroatoms. The summed E-state index contributed by atoms with van der Waals surface area (Å²) in [6, 6.07) is 5.30. The van der Waals surface area contributed by atoms with Crippen molar-refractivity contribution < 1.29 is 19.0 Å². The van der Waals surface area contributed by atoms with Crippen molar-refractivity contribution in [2.75, 3.05) is 46.6 Å². The third-order valence-corrected chi connectivity index (χ3v) is 4.55. The summed E-state index contributed by atoms with van der Waals surface area (Å²) in [7, 11) is 1.58. The molecular weight excluding hydrogens is 332 g/mol. The van der Waals surface area contributed by atoms with Crippen molar-refractivity contribution in [2.24, 2.45) is 5.92 Å². The first-order chi connectivity index (χ1) is 12.3. The van der Waals surface area contributed by atoms with Crippen LogP contribution in [-0.4, -0.2) is 62.9 Å². The van der Waals surface area contributed by atoms with Crippen LogP contribution in [0, 0.1) is 5.92 Å². The molecular formula is C20H32N2O4. The van der Waals surface area contributed by atoms with Gasteiger partial charge in [-0.25, -0.2) is 0 Å². The average Bonchev–Trinajstić information content (AvgIpc) is 2.65. The summed E-state index contributed by atoms with van der Waals surface area (Å²) in [6.45, 7) is 12.9. The van der Waals surface area contributed by atoms with Crippen LogP contribution in [0.1, 0.15) is 38.1 Å². The number of hydrogen-bond donors (Lipinski definition) is 1. The standard InChI is InChI=1S/C20H32N2O4/c1-15(2)13-26-17-7-6-16(12-18(17)24-5)19(23)21-14-20(3,4)22-8-10-25-11-9-22/h6-7,12,15H,8-11,13-14H2,1-5H3,(H,21,23). The van der Waals surface area contributed by atoms with Crippen molar-refractivity contribution in [1.29, 1.82) is 0 Å². The van der Waals surface area contributed by atoms with Crippen LogP contribution in [0.25, 0.3) is 0 Å². The maximum atomic E-state index is 12.6. The lowest BCUT2D eigenvalue weighted by molar-refractivity contribution is -0.00923. The molecule has 1 fully saturated rings. The van der Waals surface area contributed by atoms with Crippen LogP contribution in [0.4, 0.5) is 0 Å². The molecule has 1 amide bonds. The van der Waals surface area contributed by atoms with E-state index >= 15 is 0 Å². The fraction of sp³-hybridized carbons (Fsp3) is 0.650. The number of carbonyl (C=O) groups excluding carboxylic acids is 1. The van der Waals surface area contributed by atoms with Crippen LogP contribution in [0.5, 0.6) is 11.5 Å². The van der Waals surface area contributed by atoms with E-state index in [1.54, 1.807) is 25.3 Å². The second kappa shape index (κ2) is 9.24. The highest BCUT2D eigenvalue weighted by Gasteiger charge is 2.28. The Bertz CT molecular complexity index is 595. The first-order valence-electron chi connectivity index (χ1n) is 9.25. The monoisotopic (exact) mass is 364 g/mol. The molecule has 1 N–H and O–H groups in total. The number of methoxy groups -OCH3 is 1. The minimum atomic E-state index is -0.121. The van der Waals surface area contributed by atoms with Crippen molar-refractivity contribution in [1.82, 2.24) is 10.2 Å². The van der Waals surface area contributed by atoms with E-state index in [4.69, 9.17) is 14.2 Å². The molecule has 0 aliphatic carbocycles. The van der Waals surface area contributed by atoms with Gasteiger partial charge in [0.25, 0.3) is 5.91 Å². The molecule has 1 saturated heterocycles. The quantitative estimate of drug-likeness (QED) is 0.768. The number of nitrogens with zero attached hydrogens (tertiary/aromatic N) is 1. The van der Waals surface area contributed by atoms with E-state index < -0.39 is 0 Å². The van der Waals surface area contributed by atoms with Crippen LogP contribution < -0.4 is 14.8 Å². The third kappa shape index (κ3) is 5.61. The van der Waals surface area contributed by atoms with Crippen molar-refractivity contribution >= 4 is 5.91 Å². The van der Waals surface area contributed by atoms with Gasteiger partial charge < -0.3 is 19.5 Å². The Kier molecular flexibility index (Phi) is 7.29. The lowest BCUT2D eigenvalue weighted by Gasteiger charge is -2.40. The molecule has 1 aliphatic heterocycles. The maximum Gasteiger partial charge on any atom is 0.251 e. The number of nitrogens with one attached hydrogen (secondary N) is 1. The highest BCUT2D eigenvalue weighted by atomic mass is 16.5. The zero-order valence-corrected chi connectivity index (χ0v) is 16.6. The van der Waals surface area contributed by atoms with Gasteiger partial charge in [-0.2, -0.15) is 0 Å². The zero-order valence-electron chi connectivity index (χ0n) is 16.6. The summed E-state index contributed by atoms with van der Waals surface area (Å²) in [5, 5.41) is 3.04. The Labute approximate surface area is 156 Å². The Balaban J connectivity index is 1.98. The maximum absolute atomic E-state index is 12.6. The number of morpholine rings is 1. The first-order valence-corrected chi connectivity index (χ1v) is 9.25. The number of amides is 1. The van der Waals surface area contributed by atoms with Gasteiger partial charge in [0, 0.05) is 30.7 Å². The Morgan fingerprint density at radius 3 is 2.58 bits per heavy atom. The van der Waals surface area contributed by atoms with Gasteiger partial charge >= 0.3 is 0 Å². The lowest BCUT2D eigenvalue weighted by atomic mass is 10.0. The second-order valence-corrected chi connectivity index (χ2v) is 7.67. The largest absolute Gasteiger partial charge is 0.493 e. The predicted octanol–water partition coefficient (Wildman–Crippen LogP) is 2.57. The van der Waals surface area contributed by atoms with Crippen molar-refractivity contribution in [2.45, 2.75) is 33.2 Å². The van der Waals surface area contributed by atoms with Crippen LogP contribution in [0.15, 0.2) is 18.2 Å². The smallest absolute Gasteiger partial charge is 0.251 e. The van der Waals surface area contributed by atoms with Crippen LogP contribution in [0.2, 0.25) is 0 Å². The zero-order chi connectivity index (χ0) is 19.2. The number of ether oxygens (including phenoxy) is 3. The van der Waals surface area contributed by atoms with E-state index in [-0.39, 0.29) is 11.4 Å². The van der Waals surface area contributed by atoms with Crippen LogP contribution >= 0.6 is 0 Å². The van der Waals surface area contributed by atoms with Gasteiger partial charge in [-0.3, -0.25) is 9.69 Å². The Morgan fingerprint density at radius 2 is 1.96 bits per heavy atom. The van der Waals surface area contributed by atoms with Gasteiger partial charge in [0.15, 0.2) is 11.5 Å². The van der Waals surface area contributed by atoms with Crippen LogP contribution in [-0.2, 0) is 4.74 Å². The highest BCUT2D eigenvalue weighted by molar-refractivity contribution is 5.94. The Morgan fingerprint density at radius 1 is 1.27 bits per heavy atom. The molecule has 0 radical (unpaired) electrons. The number of rotatable bonds is 8. The van der Waals surface area contributed by atoms with Crippen molar-refractivity contribution in [3.63, 3.8) is 0 Å². The van der Waals surface area contributed by atoms with Gasteiger partial charge in [-0.05, 0) is 38.0 Å².